The number of carbonyl (C=O) groups excluding carboxylic acids is 1. The van der Waals surface area contributed by atoms with Crippen LogP contribution in [-0.2, 0) is 4.79 Å². The zero-order chi connectivity index (χ0) is 7.82. The van der Waals surface area contributed by atoms with Crippen LogP contribution >= 0.6 is 0 Å². The van der Waals surface area contributed by atoms with E-state index in [1.165, 1.54) is 0 Å². The Labute approximate surface area is 61.4 Å². The SMILES string of the molecule is CCCCN[C@@H](C=O)CO. The Bertz CT molecular complexity index is 85.7. The number of aliphatic hydroxyl groups is 1. The zero-order valence-electron chi connectivity index (χ0n) is 6.34. The summed E-state index contributed by atoms with van der Waals surface area (Å²) in [6.45, 7) is 2.78. The van der Waals surface area contributed by atoms with E-state index in [1.54, 1.807) is 0 Å². The smallest absolute Gasteiger partial charge is 0.139 e. The highest BCUT2D eigenvalue weighted by molar-refractivity contribution is 5.57. The second-order valence-corrected chi connectivity index (χ2v) is 2.23. The van der Waals surface area contributed by atoms with Crippen molar-refractivity contribution in [1.29, 1.82) is 0 Å². The van der Waals surface area contributed by atoms with Gasteiger partial charge in [0.25, 0.3) is 0 Å². The standard InChI is InChI=1S/C7H15NO2/c1-2-3-4-8-7(5-9)6-10/h5,7-8,10H,2-4,6H2,1H3/t7-/m0/s1. The fourth-order valence-corrected chi connectivity index (χ4v) is 0.620. The fraction of sp³-hybridized carbons (Fsp3) is 0.857. The molecule has 3 heteroatoms. The molecule has 0 unspecified atom stereocenters. The minimum Gasteiger partial charge on any atom is -0.394 e. The van der Waals surface area contributed by atoms with Gasteiger partial charge in [-0.05, 0) is 13.0 Å². The largest absolute Gasteiger partial charge is 0.394 e. The maximum atomic E-state index is 10.1. The first kappa shape index (κ1) is 9.59. The molecule has 0 saturated heterocycles. The summed E-state index contributed by atoms with van der Waals surface area (Å²) in [6, 6.07) is -0.369. The van der Waals surface area contributed by atoms with Crippen molar-refractivity contribution in [3.8, 4) is 0 Å². The maximum absolute atomic E-state index is 10.1. The zero-order valence-corrected chi connectivity index (χ0v) is 6.34. The maximum Gasteiger partial charge on any atom is 0.139 e. The van der Waals surface area contributed by atoms with E-state index in [0.717, 1.165) is 25.7 Å². The van der Waals surface area contributed by atoms with E-state index < -0.39 is 0 Å². The van der Waals surface area contributed by atoms with Crippen LogP contribution in [0.2, 0.25) is 0 Å². The van der Waals surface area contributed by atoms with Crippen LogP contribution in [0.3, 0.4) is 0 Å². The Morgan fingerprint density at radius 2 is 2.40 bits per heavy atom. The lowest BCUT2D eigenvalue weighted by Gasteiger charge is -2.07. The van der Waals surface area contributed by atoms with Crippen LogP contribution in [0, 0.1) is 0 Å². The highest BCUT2D eigenvalue weighted by Crippen LogP contribution is 1.83. The van der Waals surface area contributed by atoms with Gasteiger partial charge < -0.3 is 15.2 Å². The third kappa shape index (κ3) is 4.47. The van der Waals surface area contributed by atoms with Gasteiger partial charge in [-0.2, -0.15) is 0 Å². The minimum absolute atomic E-state index is 0.104. The van der Waals surface area contributed by atoms with Crippen molar-refractivity contribution in [3.63, 3.8) is 0 Å². The molecule has 0 saturated carbocycles. The van der Waals surface area contributed by atoms with Crippen molar-refractivity contribution in [2.75, 3.05) is 13.2 Å². The van der Waals surface area contributed by atoms with E-state index in [0.29, 0.717) is 0 Å². The summed E-state index contributed by atoms with van der Waals surface area (Å²) in [6.07, 6.45) is 2.88. The first-order valence-corrected chi connectivity index (χ1v) is 3.64. The Balaban J connectivity index is 3.17. The molecule has 2 N–H and O–H groups in total. The van der Waals surface area contributed by atoms with E-state index in [9.17, 15) is 4.79 Å². The average Bonchev–Trinajstić information content (AvgIpc) is 1.99. The minimum atomic E-state index is -0.369. The Morgan fingerprint density at radius 1 is 1.70 bits per heavy atom. The van der Waals surface area contributed by atoms with Crippen molar-refractivity contribution < 1.29 is 9.90 Å². The number of carbonyl (C=O) groups is 1. The van der Waals surface area contributed by atoms with Crippen molar-refractivity contribution in [2.24, 2.45) is 0 Å². The van der Waals surface area contributed by atoms with Crippen LogP contribution in [0.4, 0.5) is 0 Å². The Kier molecular flexibility index (Phi) is 6.43. The predicted molar refractivity (Wildman–Crippen MR) is 39.8 cm³/mol. The van der Waals surface area contributed by atoms with Gasteiger partial charge >= 0.3 is 0 Å². The molecule has 0 aliphatic rings. The molecule has 3 nitrogen and oxygen atoms in total. The van der Waals surface area contributed by atoms with Gasteiger partial charge in [-0.1, -0.05) is 13.3 Å². The van der Waals surface area contributed by atoms with Crippen LogP contribution in [0.15, 0.2) is 0 Å². The van der Waals surface area contributed by atoms with Crippen molar-refractivity contribution in [3.05, 3.63) is 0 Å². The monoisotopic (exact) mass is 145 g/mol. The molecular weight excluding hydrogens is 130 g/mol. The summed E-state index contributed by atoms with van der Waals surface area (Å²) in [5.41, 5.74) is 0. The first-order valence-electron chi connectivity index (χ1n) is 3.64. The highest BCUT2D eigenvalue weighted by Gasteiger charge is 2.01. The number of rotatable bonds is 6. The van der Waals surface area contributed by atoms with E-state index >= 15 is 0 Å². The van der Waals surface area contributed by atoms with Crippen molar-refractivity contribution in [1.82, 2.24) is 5.32 Å². The van der Waals surface area contributed by atoms with Crippen LogP contribution in [0.5, 0.6) is 0 Å². The molecule has 1 atom stereocenters. The van der Waals surface area contributed by atoms with Crippen LogP contribution in [0.25, 0.3) is 0 Å². The third-order valence-corrected chi connectivity index (χ3v) is 1.30. The van der Waals surface area contributed by atoms with E-state index in [1.807, 2.05) is 0 Å². The van der Waals surface area contributed by atoms with Gasteiger partial charge in [0.05, 0.1) is 12.6 Å². The van der Waals surface area contributed by atoms with Gasteiger partial charge in [-0.25, -0.2) is 0 Å². The summed E-state index contributed by atoms with van der Waals surface area (Å²) in [7, 11) is 0. The molecule has 0 heterocycles. The number of hydrogen-bond acceptors (Lipinski definition) is 3. The summed E-state index contributed by atoms with van der Waals surface area (Å²) in [5.74, 6) is 0. The molecule has 0 amide bonds. The van der Waals surface area contributed by atoms with Crippen molar-refractivity contribution in [2.45, 2.75) is 25.8 Å². The van der Waals surface area contributed by atoms with Crippen LogP contribution in [-0.4, -0.2) is 30.6 Å². The van der Waals surface area contributed by atoms with Gasteiger partial charge in [0.2, 0.25) is 0 Å². The molecule has 10 heavy (non-hydrogen) atoms. The molecule has 0 aromatic carbocycles. The lowest BCUT2D eigenvalue weighted by atomic mass is 10.3. The average molecular weight is 145 g/mol. The Hall–Kier alpha value is -0.410. The molecule has 0 aliphatic carbocycles. The summed E-state index contributed by atoms with van der Waals surface area (Å²) in [5, 5.41) is 11.4. The van der Waals surface area contributed by atoms with E-state index in [-0.39, 0.29) is 12.6 Å². The molecule has 0 aromatic heterocycles. The lowest BCUT2D eigenvalue weighted by Crippen LogP contribution is -2.34. The molecule has 0 bridgehead atoms. The second kappa shape index (κ2) is 6.71. The number of nitrogens with one attached hydrogen (secondary N) is 1. The molecule has 0 radical (unpaired) electrons. The number of unbranched alkanes of at least 4 members (excludes halogenated alkanes) is 1. The number of aldehydes is 1. The normalized spacial score (nSPS) is 13.0. The summed E-state index contributed by atoms with van der Waals surface area (Å²) < 4.78 is 0. The first-order chi connectivity index (χ1) is 4.85. The Morgan fingerprint density at radius 3 is 2.80 bits per heavy atom. The van der Waals surface area contributed by atoms with Gasteiger partial charge in [-0.15, -0.1) is 0 Å². The van der Waals surface area contributed by atoms with E-state index in [4.69, 9.17) is 5.11 Å². The quantitative estimate of drug-likeness (QED) is 0.406. The molecule has 0 rings (SSSR count). The molecule has 0 spiro atoms. The number of aliphatic hydroxyl groups excluding tert-OH is 1. The highest BCUT2D eigenvalue weighted by atomic mass is 16.3. The third-order valence-electron chi connectivity index (χ3n) is 1.30. The lowest BCUT2D eigenvalue weighted by molar-refractivity contribution is -0.110. The van der Waals surface area contributed by atoms with E-state index in [2.05, 4.69) is 12.2 Å². The molecular formula is C7H15NO2. The molecule has 0 aromatic rings. The second-order valence-electron chi connectivity index (χ2n) is 2.23. The molecule has 60 valence electrons. The molecule has 0 fully saturated rings. The topological polar surface area (TPSA) is 49.3 Å². The van der Waals surface area contributed by atoms with Gasteiger partial charge in [0.1, 0.15) is 6.29 Å². The van der Waals surface area contributed by atoms with Gasteiger partial charge in [-0.3, -0.25) is 0 Å². The predicted octanol–water partition coefficient (Wildman–Crippen LogP) is -0.0641. The van der Waals surface area contributed by atoms with Crippen molar-refractivity contribution >= 4 is 6.29 Å². The van der Waals surface area contributed by atoms with Crippen LogP contribution in [0.1, 0.15) is 19.8 Å². The van der Waals surface area contributed by atoms with Gasteiger partial charge in [0, 0.05) is 0 Å². The van der Waals surface area contributed by atoms with Crippen LogP contribution < -0.4 is 5.32 Å². The summed E-state index contributed by atoms with van der Waals surface area (Å²) in [4.78, 5) is 10.1. The van der Waals surface area contributed by atoms with Gasteiger partial charge in [0.15, 0.2) is 0 Å². The fourth-order valence-electron chi connectivity index (χ4n) is 0.620. The molecule has 0 aliphatic heterocycles. The number of hydrogen-bond donors (Lipinski definition) is 2. The summed E-state index contributed by atoms with van der Waals surface area (Å²) >= 11 is 0.